The highest BCUT2D eigenvalue weighted by Gasteiger charge is 2.26. The van der Waals surface area contributed by atoms with Gasteiger partial charge in [0.05, 0.1) is 5.56 Å². The van der Waals surface area contributed by atoms with Crippen molar-refractivity contribution in [2.75, 3.05) is 0 Å². The second-order valence-electron chi connectivity index (χ2n) is 4.30. The monoisotopic (exact) mass is 395 g/mol. The lowest BCUT2D eigenvalue weighted by molar-refractivity contribution is -0.140. The number of halogens is 2. The minimum atomic E-state index is -1.03. The second-order valence-corrected chi connectivity index (χ2v) is 5.90. The van der Waals surface area contributed by atoms with Crippen LogP contribution in [0.1, 0.15) is 30.6 Å². The van der Waals surface area contributed by atoms with E-state index >= 15 is 0 Å². The molecule has 1 rings (SSSR count). The quantitative estimate of drug-likeness (QED) is 0.753. The maximum Gasteiger partial charge on any atom is 0.326 e. The Morgan fingerprint density at radius 2 is 2.11 bits per heavy atom. The lowest BCUT2D eigenvalue weighted by Crippen LogP contribution is -2.45. The summed E-state index contributed by atoms with van der Waals surface area (Å²) in [5, 5.41) is 12.1. The number of nitrogens with one attached hydrogen (secondary N) is 1. The van der Waals surface area contributed by atoms with Crippen LogP contribution in [0.3, 0.4) is 0 Å². The van der Waals surface area contributed by atoms with Crippen LogP contribution < -0.4 is 5.32 Å². The van der Waals surface area contributed by atoms with E-state index in [1.165, 1.54) is 6.07 Å². The number of benzene rings is 1. The first-order chi connectivity index (χ1) is 8.86. The van der Waals surface area contributed by atoms with Gasteiger partial charge in [0.1, 0.15) is 6.04 Å². The molecule has 0 saturated heterocycles. The standard InChI is InChI=1S/C13H15ClINO3/c1-3-7(2)11(13(18)19)16-12(17)9-6-8(14)4-5-10(9)15/h4-7,11H,3H2,1-2H3,(H,16,17)(H,18,19)/t7-,11-/m0/s1. The molecule has 0 fully saturated rings. The summed E-state index contributed by atoms with van der Waals surface area (Å²) in [6.07, 6.45) is 0.671. The molecule has 6 heteroatoms. The van der Waals surface area contributed by atoms with Crippen molar-refractivity contribution >= 4 is 46.1 Å². The molecule has 19 heavy (non-hydrogen) atoms. The first-order valence-corrected chi connectivity index (χ1v) is 7.31. The molecule has 0 aliphatic heterocycles. The van der Waals surface area contributed by atoms with Gasteiger partial charge in [-0.15, -0.1) is 0 Å². The van der Waals surface area contributed by atoms with Crippen LogP contribution in [0.2, 0.25) is 5.02 Å². The minimum absolute atomic E-state index is 0.140. The zero-order valence-corrected chi connectivity index (χ0v) is 13.5. The molecule has 0 radical (unpaired) electrons. The summed E-state index contributed by atoms with van der Waals surface area (Å²) in [7, 11) is 0. The Morgan fingerprint density at radius 3 is 2.63 bits per heavy atom. The van der Waals surface area contributed by atoms with Crippen molar-refractivity contribution in [2.45, 2.75) is 26.3 Å². The Bertz CT molecular complexity index is 493. The number of carbonyl (C=O) groups is 2. The lowest BCUT2D eigenvalue weighted by atomic mass is 9.99. The molecular weight excluding hydrogens is 381 g/mol. The van der Waals surface area contributed by atoms with Gasteiger partial charge in [-0.1, -0.05) is 31.9 Å². The molecule has 0 aliphatic rings. The van der Waals surface area contributed by atoms with Crippen LogP contribution >= 0.6 is 34.2 Å². The number of carbonyl (C=O) groups excluding carboxylic acids is 1. The van der Waals surface area contributed by atoms with Crippen LogP contribution in [0.15, 0.2) is 18.2 Å². The zero-order chi connectivity index (χ0) is 14.6. The van der Waals surface area contributed by atoms with Crippen molar-refractivity contribution in [1.29, 1.82) is 0 Å². The summed E-state index contributed by atoms with van der Waals surface area (Å²) < 4.78 is 0.729. The van der Waals surface area contributed by atoms with Gasteiger partial charge in [-0.2, -0.15) is 0 Å². The molecule has 0 saturated carbocycles. The van der Waals surface area contributed by atoms with Gasteiger partial charge >= 0.3 is 5.97 Å². The van der Waals surface area contributed by atoms with Gasteiger partial charge in [0.25, 0.3) is 5.91 Å². The highest BCUT2D eigenvalue weighted by molar-refractivity contribution is 14.1. The fourth-order valence-electron chi connectivity index (χ4n) is 1.57. The second kappa shape index (κ2) is 7.09. The first kappa shape index (κ1) is 16.2. The van der Waals surface area contributed by atoms with Gasteiger partial charge in [0.2, 0.25) is 0 Å². The van der Waals surface area contributed by atoms with Gasteiger partial charge in [0, 0.05) is 8.59 Å². The SMILES string of the molecule is CC[C@H](C)[C@H](NC(=O)c1cc(Cl)ccc1I)C(=O)O. The molecule has 0 aromatic heterocycles. The predicted octanol–water partition coefficient (Wildman–Crippen LogP) is 3.17. The maximum absolute atomic E-state index is 12.1. The molecule has 0 bridgehead atoms. The van der Waals surface area contributed by atoms with E-state index in [0.717, 1.165) is 3.57 Å². The highest BCUT2D eigenvalue weighted by Crippen LogP contribution is 2.18. The maximum atomic E-state index is 12.1. The van der Waals surface area contributed by atoms with Crippen molar-refractivity contribution in [2.24, 2.45) is 5.92 Å². The van der Waals surface area contributed by atoms with E-state index < -0.39 is 17.9 Å². The average molecular weight is 396 g/mol. The van der Waals surface area contributed by atoms with Gasteiger partial charge in [0.15, 0.2) is 0 Å². The molecular formula is C13H15ClINO3. The molecule has 2 atom stereocenters. The predicted molar refractivity (Wildman–Crippen MR) is 82.5 cm³/mol. The number of aliphatic carboxylic acids is 1. The molecule has 2 N–H and O–H groups in total. The van der Waals surface area contributed by atoms with Crippen LogP contribution in [0, 0.1) is 9.49 Å². The average Bonchev–Trinajstić information content (AvgIpc) is 2.37. The summed E-state index contributed by atoms with van der Waals surface area (Å²) in [6.45, 7) is 3.68. The Kier molecular flexibility index (Phi) is 6.06. The van der Waals surface area contributed by atoms with E-state index in [1.54, 1.807) is 19.1 Å². The highest BCUT2D eigenvalue weighted by atomic mass is 127. The lowest BCUT2D eigenvalue weighted by Gasteiger charge is -2.20. The Hall–Kier alpha value is -0.820. The Labute approximate surface area is 130 Å². The fraction of sp³-hybridized carbons (Fsp3) is 0.385. The van der Waals surface area contributed by atoms with Crippen molar-refractivity contribution in [3.05, 3.63) is 32.4 Å². The third-order valence-corrected chi connectivity index (χ3v) is 4.11. The summed E-state index contributed by atoms with van der Waals surface area (Å²) in [5.41, 5.74) is 0.391. The number of rotatable bonds is 5. The molecule has 1 aromatic rings. The first-order valence-electron chi connectivity index (χ1n) is 5.85. The normalized spacial score (nSPS) is 13.7. The van der Waals surface area contributed by atoms with Crippen molar-refractivity contribution in [1.82, 2.24) is 5.32 Å². The van der Waals surface area contributed by atoms with Crippen molar-refractivity contribution < 1.29 is 14.7 Å². The smallest absolute Gasteiger partial charge is 0.326 e. The number of hydrogen-bond acceptors (Lipinski definition) is 2. The van der Waals surface area contributed by atoms with Crippen molar-refractivity contribution in [3.8, 4) is 0 Å². The summed E-state index contributed by atoms with van der Waals surface area (Å²) in [6, 6.07) is 4.04. The van der Waals surface area contributed by atoms with Crippen LogP contribution in [0.4, 0.5) is 0 Å². The zero-order valence-electron chi connectivity index (χ0n) is 10.6. The van der Waals surface area contributed by atoms with E-state index in [2.05, 4.69) is 5.32 Å². The third-order valence-electron chi connectivity index (χ3n) is 2.94. The largest absolute Gasteiger partial charge is 0.480 e. The number of carboxylic acids is 1. The van der Waals surface area contributed by atoms with Crippen LogP contribution in [-0.2, 0) is 4.79 Å². The topological polar surface area (TPSA) is 66.4 Å². The molecule has 4 nitrogen and oxygen atoms in total. The van der Waals surface area contributed by atoms with Gasteiger partial charge in [-0.05, 0) is 46.7 Å². The summed E-state index contributed by atoms with van der Waals surface area (Å²) in [4.78, 5) is 23.3. The van der Waals surface area contributed by atoms with Gasteiger partial charge in [-0.25, -0.2) is 4.79 Å². The molecule has 104 valence electrons. The molecule has 0 unspecified atom stereocenters. The van der Waals surface area contributed by atoms with E-state index in [1.807, 2.05) is 29.5 Å². The minimum Gasteiger partial charge on any atom is -0.480 e. The van der Waals surface area contributed by atoms with Crippen LogP contribution in [-0.4, -0.2) is 23.0 Å². The van der Waals surface area contributed by atoms with E-state index in [9.17, 15) is 9.59 Å². The molecule has 1 amide bonds. The number of carboxylic acid groups (broad SMARTS) is 1. The summed E-state index contributed by atoms with van der Waals surface area (Å²) >= 11 is 7.87. The van der Waals surface area contributed by atoms with Crippen molar-refractivity contribution in [3.63, 3.8) is 0 Å². The van der Waals surface area contributed by atoms with Crippen LogP contribution in [0.25, 0.3) is 0 Å². The third kappa shape index (κ3) is 4.35. The van der Waals surface area contributed by atoms with E-state index in [4.69, 9.17) is 16.7 Å². The van der Waals surface area contributed by atoms with E-state index in [0.29, 0.717) is 17.0 Å². The molecule has 0 spiro atoms. The Balaban J connectivity index is 2.94. The number of hydrogen-bond donors (Lipinski definition) is 2. The number of amides is 1. The van der Waals surface area contributed by atoms with Crippen LogP contribution in [0.5, 0.6) is 0 Å². The fourth-order valence-corrected chi connectivity index (χ4v) is 2.33. The molecule has 1 aromatic carbocycles. The van der Waals surface area contributed by atoms with Gasteiger partial charge in [-0.3, -0.25) is 4.79 Å². The van der Waals surface area contributed by atoms with Gasteiger partial charge < -0.3 is 10.4 Å². The van der Waals surface area contributed by atoms with E-state index in [-0.39, 0.29) is 5.92 Å². The molecule has 0 aliphatic carbocycles. The summed E-state index contributed by atoms with van der Waals surface area (Å²) in [5.74, 6) is -1.59. The molecule has 0 heterocycles. The Morgan fingerprint density at radius 1 is 1.47 bits per heavy atom.